The Morgan fingerprint density at radius 2 is 1.93 bits per heavy atom. The number of aromatic nitrogens is 2. The zero-order chi connectivity index (χ0) is 10.7. The van der Waals surface area contributed by atoms with Gasteiger partial charge >= 0.3 is 0 Å². The van der Waals surface area contributed by atoms with E-state index in [4.69, 9.17) is 11.5 Å². The molecular formula is C11H14N4. The highest BCUT2D eigenvalue weighted by Crippen LogP contribution is 2.18. The molecule has 1 aromatic carbocycles. The Kier molecular flexibility index (Phi) is 2.69. The summed E-state index contributed by atoms with van der Waals surface area (Å²) in [6.45, 7) is 0.677. The Morgan fingerprint density at radius 3 is 2.47 bits per heavy atom. The third kappa shape index (κ3) is 2.16. The van der Waals surface area contributed by atoms with Gasteiger partial charge in [0.2, 0.25) is 0 Å². The quantitative estimate of drug-likeness (QED) is 0.698. The van der Waals surface area contributed by atoms with Crippen molar-refractivity contribution in [2.24, 2.45) is 5.73 Å². The molecule has 0 saturated heterocycles. The zero-order valence-corrected chi connectivity index (χ0v) is 8.40. The van der Waals surface area contributed by atoms with Gasteiger partial charge in [0.1, 0.15) is 0 Å². The Bertz CT molecular complexity index is 430. The smallest absolute Gasteiger partial charge is 0.197 e. The van der Waals surface area contributed by atoms with Crippen molar-refractivity contribution < 1.29 is 0 Å². The summed E-state index contributed by atoms with van der Waals surface area (Å²) in [4.78, 5) is 6.94. The topological polar surface area (TPSA) is 80.7 Å². The number of anilines is 1. The van der Waals surface area contributed by atoms with E-state index in [1.807, 2.05) is 12.1 Å². The van der Waals surface area contributed by atoms with E-state index in [1.54, 1.807) is 6.20 Å². The molecule has 78 valence electrons. The largest absolute Gasteiger partial charge is 0.369 e. The molecule has 0 fully saturated rings. The molecule has 0 amide bonds. The molecule has 2 rings (SSSR count). The van der Waals surface area contributed by atoms with E-state index in [9.17, 15) is 0 Å². The molecular weight excluding hydrogens is 188 g/mol. The summed E-state index contributed by atoms with van der Waals surface area (Å²) in [5.74, 6) is 0.441. The third-order valence-corrected chi connectivity index (χ3v) is 2.29. The van der Waals surface area contributed by atoms with Crippen LogP contribution in [0.15, 0.2) is 30.5 Å². The summed E-state index contributed by atoms with van der Waals surface area (Å²) in [7, 11) is 0. The molecule has 1 heterocycles. The van der Waals surface area contributed by atoms with Gasteiger partial charge in [-0.05, 0) is 24.1 Å². The fraction of sp³-hybridized carbons (Fsp3) is 0.182. The average Bonchev–Trinajstić information content (AvgIpc) is 2.67. The molecule has 2 aromatic rings. The molecule has 0 aliphatic rings. The van der Waals surface area contributed by atoms with E-state index in [0.29, 0.717) is 12.5 Å². The number of nitrogens with two attached hydrogens (primary N) is 2. The minimum absolute atomic E-state index is 0.441. The van der Waals surface area contributed by atoms with Crippen LogP contribution in [-0.4, -0.2) is 16.5 Å². The molecule has 5 N–H and O–H groups in total. The summed E-state index contributed by atoms with van der Waals surface area (Å²) in [6.07, 6.45) is 2.64. The maximum atomic E-state index is 5.51. The van der Waals surface area contributed by atoms with E-state index in [1.165, 1.54) is 5.56 Å². The number of nitrogen functional groups attached to an aromatic ring is 1. The van der Waals surface area contributed by atoms with Gasteiger partial charge in [-0.1, -0.05) is 24.3 Å². The molecule has 0 unspecified atom stereocenters. The molecule has 15 heavy (non-hydrogen) atoms. The number of aromatic amines is 1. The lowest BCUT2D eigenvalue weighted by Crippen LogP contribution is -2.02. The van der Waals surface area contributed by atoms with Crippen LogP contribution in [0.5, 0.6) is 0 Å². The molecule has 0 bridgehead atoms. The van der Waals surface area contributed by atoms with Crippen molar-refractivity contribution >= 4 is 5.95 Å². The van der Waals surface area contributed by atoms with Crippen molar-refractivity contribution in [1.29, 1.82) is 0 Å². The van der Waals surface area contributed by atoms with Crippen LogP contribution in [0, 0.1) is 0 Å². The Balaban J connectivity index is 2.23. The highest BCUT2D eigenvalue weighted by atomic mass is 15.0. The molecule has 1 aromatic heterocycles. The van der Waals surface area contributed by atoms with Crippen molar-refractivity contribution in [2.45, 2.75) is 6.42 Å². The lowest BCUT2D eigenvalue weighted by atomic mass is 10.1. The summed E-state index contributed by atoms with van der Waals surface area (Å²) in [6, 6.07) is 8.22. The van der Waals surface area contributed by atoms with Crippen molar-refractivity contribution in [3.05, 3.63) is 36.0 Å². The number of rotatable bonds is 3. The van der Waals surface area contributed by atoms with Crippen LogP contribution in [0.25, 0.3) is 11.3 Å². The molecule has 0 spiro atoms. The summed E-state index contributed by atoms with van der Waals surface area (Å²) in [5, 5.41) is 0. The second-order valence-electron chi connectivity index (χ2n) is 3.42. The number of hydrogen-bond donors (Lipinski definition) is 3. The predicted molar refractivity (Wildman–Crippen MR) is 61.2 cm³/mol. The highest BCUT2D eigenvalue weighted by Gasteiger charge is 2.00. The van der Waals surface area contributed by atoms with E-state index < -0.39 is 0 Å². The van der Waals surface area contributed by atoms with Crippen molar-refractivity contribution in [1.82, 2.24) is 9.97 Å². The minimum Gasteiger partial charge on any atom is -0.369 e. The van der Waals surface area contributed by atoms with Gasteiger partial charge in [0.15, 0.2) is 5.95 Å². The van der Waals surface area contributed by atoms with E-state index in [0.717, 1.165) is 17.7 Å². The average molecular weight is 202 g/mol. The predicted octanol–water partition coefficient (Wildman–Crippen LogP) is 1.16. The maximum absolute atomic E-state index is 5.51. The monoisotopic (exact) mass is 202 g/mol. The summed E-state index contributed by atoms with van der Waals surface area (Å²) >= 11 is 0. The van der Waals surface area contributed by atoms with Crippen LogP contribution >= 0.6 is 0 Å². The Hall–Kier alpha value is -1.81. The van der Waals surface area contributed by atoms with Crippen molar-refractivity contribution in [3.63, 3.8) is 0 Å². The van der Waals surface area contributed by atoms with Gasteiger partial charge in [-0.2, -0.15) is 0 Å². The lowest BCUT2D eigenvalue weighted by molar-refractivity contribution is 0.969. The SMILES string of the molecule is NCCc1ccc(-c2cnc(N)[nH]2)cc1. The minimum atomic E-state index is 0.441. The first-order valence-electron chi connectivity index (χ1n) is 4.89. The molecule has 0 radical (unpaired) electrons. The number of nitrogens with zero attached hydrogens (tertiary/aromatic N) is 1. The molecule has 0 aliphatic heterocycles. The molecule has 0 atom stereocenters. The van der Waals surface area contributed by atoms with Gasteiger partial charge in [0.05, 0.1) is 11.9 Å². The van der Waals surface area contributed by atoms with E-state index in [2.05, 4.69) is 22.1 Å². The first-order valence-corrected chi connectivity index (χ1v) is 4.89. The van der Waals surface area contributed by atoms with Crippen molar-refractivity contribution in [2.75, 3.05) is 12.3 Å². The molecule has 4 heteroatoms. The number of H-pyrrole nitrogens is 1. The van der Waals surface area contributed by atoms with Gasteiger partial charge in [0, 0.05) is 0 Å². The van der Waals surface area contributed by atoms with Gasteiger partial charge in [0.25, 0.3) is 0 Å². The fourth-order valence-electron chi connectivity index (χ4n) is 1.50. The fourth-order valence-corrected chi connectivity index (χ4v) is 1.50. The second-order valence-corrected chi connectivity index (χ2v) is 3.42. The summed E-state index contributed by atoms with van der Waals surface area (Å²) < 4.78 is 0. The highest BCUT2D eigenvalue weighted by molar-refractivity contribution is 5.60. The van der Waals surface area contributed by atoms with Crippen LogP contribution in [0.2, 0.25) is 0 Å². The summed E-state index contributed by atoms with van der Waals surface area (Å²) in [5.41, 5.74) is 14.3. The van der Waals surface area contributed by atoms with E-state index in [-0.39, 0.29) is 0 Å². The van der Waals surface area contributed by atoms with Gasteiger partial charge < -0.3 is 16.5 Å². The number of nitrogens with one attached hydrogen (secondary N) is 1. The van der Waals surface area contributed by atoms with Gasteiger partial charge in [-0.25, -0.2) is 4.98 Å². The van der Waals surface area contributed by atoms with Gasteiger partial charge in [-0.15, -0.1) is 0 Å². The van der Waals surface area contributed by atoms with Crippen LogP contribution in [0.3, 0.4) is 0 Å². The first-order chi connectivity index (χ1) is 7.29. The van der Waals surface area contributed by atoms with Crippen molar-refractivity contribution in [3.8, 4) is 11.3 Å². The first kappa shape index (κ1) is 9.73. The van der Waals surface area contributed by atoms with Crippen LogP contribution < -0.4 is 11.5 Å². The van der Waals surface area contributed by atoms with E-state index >= 15 is 0 Å². The molecule has 0 saturated carbocycles. The van der Waals surface area contributed by atoms with Crippen LogP contribution in [0.1, 0.15) is 5.56 Å². The van der Waals surface area contributed by atoms with Crippen LogP contribution in [-0.2, 0) is 6.42 Å². The Morgan fingerprint density at radius 1 is 1.20 bits per heavy atom. The Labute approximate surface area is 88.3 Å². The maximum Gasteiger partial charge on any atom is 0.197 e. The number of benzene rings is 1. The zero-order valence-electron chi connectivity index (χ0n) is 8.40. The second kappa shape index (κ2) is 4.14. The van der Waals surface area contributed by atoms with Gasteiger partial charge in [-0.3, -0.25) is 0 Å². The molecule has 0 aliphatic carbocycles. The molecule has 4 nitrogen and oxygen atoms in total. The lowest BCUT2D eigenvalue weighted by Gasteiger charge is -2.00. The number of imidazole rings is 1. The number of hydrogen-bond acceptors (Lipinski definition) is 3. The standard InChI is InChI=1S/C11H14N4/c12-6-5-8-1-3-9(4-2-8)10-7-14-11(13)15-10/h1-4,7H,5-6,12H2,(H3,13,14,15). The normalized spacial score (nSPS) is 10.5. The third-order valence-electron chi connectivity index (χ3n) is 2.29. The van der Waals surface area contributed by atoms with Crippen LogP contribution in [0.4, 0.5) is 5.95 Å².